The average molecular weight is 303 g/mol. The van der Waals surface area contributed by atoms with Gasteiger partial charge in [-0.1, -0.05) is 12.1 Å². The predicted molar refractivity (Wildman–Crippen MR) is 79.6 cm³/mol. The van der Waals surface area contributed by atoms with Gasteiger partial charge in [-0.3, -0.25) is 0 Å². The first-order valence-corrected chi connectivity index (χ1v) is 6.80. The summed E-state index contributed by atoms with van der Waals surface area (Å²) in [7, 11) is 1.22. The highest BCUT2D eigenvalue weighted by Gasteiger charge is 2.16. The van der Waals surface area contributed by atoms with Crippen molar-refractivity contribution >= 4 is 11.0 Å². The van der Waals surface area contributed by atoms with Crippen molar-refractivity contribution in [1.29, 1.82) is 0 Å². The van der Waals surface area contributed by atoms with E-state index in [9.17, 15) is 8.78 Å². The van der Waals surface area contributed by atoms with Crippen molar-refractivity contribution in [2.45, 2.75) is 12.5 Å². The maximum Gasteiger partial charge on any atom is 0.190 e. The van der Waals surface area contributed by atoms with E-state index in [4.69, 9.17) is 5.73 Å². The molecule has 3 rings (SSSR count). The Hall–Kier alpha value is -2.47. The Morgan fingerprint density at radius 3 is 2.55 bits per heavy atom. The molecular formula is C16H15F2N3O. The zero-order valence-electron chi connectivity index (χ0n) is 11.9. The van der Waals surface area contributed by atoms with E-state index in [1.54, 1.807) is 0 Å². The molecule has 1 unspecified atom stereocenters. The number of ether oxygens (including phenoxy) is 1. The number of halogens is 2. The number of hydrogen-bond acceptors (Lipinski definition) is 3. The average Bonchev–Trinajstić information content (AvgIpc) is 2.91. The number of aromatic nitrogens is 2. The zero-order chi connectivity index (χ0) is 15.7. The van der Waals surface area contributed by atoms with Crippen LogP contribution in [0.25, 0.3) is 11.0 Å². The number of benzene rings is 2. The van der Waals surface area contributed by atoms with E-state index in [0.717, 1.165) is 11.0 Å². The Kier molecular flexibility index (Phi) is 3.77. The highest BCUT2D eigenvalue weighted by molar-refractivity contribution is 5.74. The number of nitrogens with two attached hydrogens (primary N) is 1. The molecule has 0 spiro atoms. The number of para-hydroxylation sites is 2. The van der Waals surface area contributed by atoms with Gasteiger partial charge in [0.15, 0.2) is 17.4 Å². The minimum atomic E-state index is -0.741. The third-order valence-corrected chi connectivity index (χ3v) is 3.48. The van der Waals surface area contributed by atoms with Crippen LogP contribution in [0, 0.1) is 11.6 Å². The van der Waals surface area contributed by atoms with E-state index in [2.05, 4.69) is 14.7 Å². The molecule has 0 aliphatic carbocycles. The molecule has 3 aromatic rings. The van der Waals surface area contributed by atoms with Crippen LogP contribution in [-0.4, -0.2) is 17.1 Å². The largest absolute Gasteiger partial charge is 0.491 e. The van der Waals surface area contributed by atoms with E-state index in [1.165, 1.54) is 19.2 Å². The molecule has 1 atom stereocenters. The van der Waals surface area contributed by atoms with Crippen molar-refractivity contribution in [2.75, 3.05) is 7.11 Å². The lowest BCUT2D eigenvalue weighted by molar-refractivity contribution is 0.359. The van der Waals surface area contributed by atoms with Crippen LogP contribution in [0.3, 0.4) is 0 Å². The fraction of sp³-hybridized carbons (Fsp3) is 0.188. The highest BCUT2D eigenvalue weighted by Crippen LogP contribution is 2.25. The summed E-state index contributed by atoms with van der Waals surface area (Å²) in [5, 5.41) is 0. The summed E-state index contributed by atoms with van der Waals surface area (Å²) in [4.78, 5) is 7.51. The number of rotatable bonds is 4. The molecule has 1 aromatic heterocycles. The topological polar surface area (TPSA) is 63.9 Å². The summed E-state index contributed by atoms with van der Waals surface area (Å²) in [6.07, 6.45) is 0.262. The Balaban J connectivity index is 1.86. The molecule has 0 aliphatic heterocycles. The van der Waals surface area contributed by atoms with Gasteiger partial charge >= 0.3 is 0 Å². The van der Waals surface area contributed by atoms with E-state index in [0.29, 0.717) is 11.4 Å². The maximum atomic E-state index is 13.7. The minimum Gasteiger partial charge on any atom is -0.491 e. The van der Waals surface area contributed by atoms with Gasteiger partial charge in [-0.2, -0.15) is 0 Å². The second-order valence-corrected chi connectivity index (χ2v) is 5.04. The third-order valence-electron chi connectivity index (χ3n) is 3.48. The molecular weight excluding hydrogens is 288 g/mol. The van der Waals surface area contributed by atoms with Crippen molar-refractivity contribution in [3.05, 3.63) is 59.4 Å². The lowest BCUT2D eigenvalue weighted by Crippen LogP contribution is -2.15. The van der Waals surface area contributed by atoms with E-state index in [1.807, 2.05) is 24.3 Å². The summed E-state index contributed by atoms with van der Waals surface area (Å²) in [5.41, 5.74) is 8.22. The molecule has 0 amide bonds. The van der Waals surface area contributed by atoms with E-state index in [-0.39, 0.29) is 12.2 Å². The molecule has 0 bridgehead atoms. The van der Waals surface area contributed by atoms with Gasteiger partial charge in [0.2, 0.25) is 0 Å². The van der Waals surface area contributed by atoms with Crippen LogP contribution in [0.4, 0.5) is 8.78 Å². The first-order chi connectivity index (χ1) is 10.6. The predicted octanol–water partition coefficient (Wildman–Crippen LogP) is 3.09. The number of nitrogens with zero attached hydrogens (tertiary/aromatic N) is 1. The number of aromatic amines is 1. The van der Waals surface area contributed by atoms with Crippen molar-refractivity contribution in [3.8, 4) is 5.75 Å². The standard InChI is InChI=1S/C16H15F2N3O/c1-22-15-10(17)6-9(7-11(15)18)8-12(19)16-20-13-4-2-3-5-14(13)21-16/h2-7,12H,8,19H2,1H3,(H,20,21). The second-order valence-electron chi connectivity index (χ2n) is 5.04. The Morgan fingerprint density at radius 2 is 1.91 bits per heavy atom. The number of H-pyrrole nitrogens is 1. The quantitative estimate of drug-likeness (QED) is 0.778. The highest BCUT2D eigenvalue weighted by atomic mass is 19.1. The normalized spacial score (nSPS) is 12.5. The van der Waals surface area contributed by atoms with Crippen LogP contribution < -0.4 is 10.5 Å². The second kappa shape index (κ2) is 5.73. The molecule has 3 N–H and O–H groups in total. The van der Waals surface area contributed by atoms with Gasteiger partial charge in [0.25, 0.3) is 0 Å². The molecule has 114 valence electrons. The van der Waals surface area contributed by atoms with Crippen LogP contribution in [0.5, 0.6) is 5.75 Å². The van der Waals surface area contributed by atoms with Gasteiger partial charge < -0.3 is 15.5 Å². The lowest BCUT2D eigenvalue weighted by Gasteiger charge is -2.11. The SMILES string of the molecule is COc1c(F)cc(CC(N)c2nc3ccccc3[nH]2)cc1F. The molecule has 0 saturated heterocycles. The monoisotopic (exact) mass is 303 g/mol. The molecule has 0 radical (unpaired) electrons. The fourth-order valence-corrected chi connectivity index (χ4v) is 2.42. The first kappa shape index (κ1) is 14.5. The fourth-order valence-electron chi connectivity index (χ4n) is 2.42. The molecule has 22 heavy (non-hydrogen) atoms. The molecule has 4 nitrogen and oxygen atoms in total. The van der Waals surface area contributed by atoms with E-state index >= 15 is 0 Å². The van der Waals surface area contributed by atoms with Crippen LogP contribution in [0.2, 0.25) is 0 Å². The van der Waals surface area contributed by atoms with Crippen molar-refractivity contribution in [2.24, 2.45) is 5.73 Å². The van der Waals surface area contributed by atoms with Crippen molar-refractivity contribution in [1.82, 2.24) is 9.97 Å². The van der Waals surface area contributed by atoms with Crippen LogP contribution >= 0.6 is 0 Å². The summed E-state index contributed by atoms with van der Waals surface area (Å²) in [5.74, 6) is -1.29. The molecule has 0 saturated carbocycles. The summed E-state index contributed by atoms with van der Waals surface area (Å²) < 4.78 is 32.1. The zero-order valence-corrected chi connectivity index (χ0v) is 11.9. The number of nitrogens with one attached hydrogen (secondary N) is 1. The molecule has 1 heterocycles. The number of methoxy groups -OCH3 is 1. The molecule has 0 aliphatic rings. The Bertz CT molecular complexity index is 760. The van der Waals surface area contributed by atoms with Crippen LogP contribution in [0.1, 0.15) is 17.4 Å². The lowest BCUT2D eigenvalue weighted by atomic mass is 10.1. The van der Waals surface area contributed by atoms with Gasteiger partial charge in [0.05, 0.1) is 24.2 Å². The van der Waals surface area contributed by atoms with Gasteiger partial charge in [0, 0.05) is 0 Å². The first-order valence-electron chi connectivity index (χ1n) is 6.80. The van der Waals surface area contributed by atoms with Crippen LogP contribution in [-0.2, 0) is 6.42 Å². The van der Waals surface area contributed by atoms with Crippen molar-refractivity contribution in [3.63, 3.8) is 0 Å². The number of hydrogen-bond donors (Lipinski definition) is 2. The summed E-state index contributed by atoms with van der Waals surface area (Å²) in [6.45, 7) is 0. The minimum absolute atomic E-state index is 0.262. The summed E-state index contributed by atoms with van der Waals surface area (Å²) in [6, 6.07) is 9.51. The van der Waals surface area contributed by atoms with Crippen LogP contribution in [0.15, 0.2) is 36.4 Å². The molecule has 6 heteroatoms. The van der Waals surface area contributed by atoms with Crippen molar-refractivity contribution < 1.29 is 13.5 Å². The smallest absolute Gasteiger partial charge is 0.190 e. The third kappa shape index (κ3) is 2.65. The number of fused-ring (bicyclic) bond motifs is 1. The Labute approximate surface area is 125 Å². The summed E-state index contributed by atoms with van der Waals surface area (Å²) >= 11 is 0. The Morgan fingerprint density at radius 1 is 1.23 bits per heavy atom. The van der Waals surface area contributed by atoms with Gasteiger partial charge in [0.1, 0.15) is 5.82 Å². The molecule has 0 fully saturated rings. The van der Waals surface area contributed by atoms with E-state index < -0.39 is 17.7 Å². The van der Waals surface area contributed by atoms with Gasteiger partial charge in [-0.25, -0.2) is 13.8 Å². The molecule has 2 aromatic carbocycles. The van der Waals surface area contributed by atoms with Gasteiger partial charge in [-0.05, 0) is 36.2 Å². The maximum absolute atomic E-state index is 13.7. The number of imidazole rings is 1. The van der Waals surface area contributed by atoms with Gasteiger partial charge in [-0.15, -0.1) is 0 Å².